The average Bonchev–Trinajstić information content (AvgIpc) is 3.09. The number of benzene rings is 1. The Balaban J connectivity index is 2.06. The summed E-state index contributed by atoms with van der Waals surface area (Å²) in [7, 11) is 5.00. The van der Waals surface area contributed by atoms with Gasteiger partial charge in [-0.2, -0.15) is 0 Å². The summed E-state index contributed by atoms with van der Waals surface area (Å²) >= 11 is 0. The van der Waals surface area contributed by atoms with Gasteiger partial charge in [-0.25, -0.2) is 0 Å². The summed E-state index contributed by atoms with van der Waals surface area (Å²) in [6.07, 6.45) is 0.00959. The molecule has 8 nitrogen and oxygen atoms in total. The lowest BCUT2D eigenvalue weighted by atomic mass is 9.93. The number of carbonyl (C=O) groups is 2. The van der Waals surface area contributed by atoms with Crippen LogP contribution in [0.25, 0.3) is 0 Å². The first-order chi connectivity index (χ1) is 13.9. The maximum absolute atomic E-state index is 12.9. The molecule has 0 bridgehead atoms. The Bertz CT molecular complexity index is 669. The number of nitrogens with zero attached hydrogens (tertiary/aromatic N) is 1. The van der Waals surface area contributed by atoms with Crippen molar-refractivity contribution in [2.24, 2.45) is 5.92 Å². The second-order valence-electron chi connectivity index (χ2n) is 7.58. The molecular formula is C21H33N3O5. The molecule has 6 atom stereocenters. The first-order valence-corrected chi connectivity index (χ1v) is 9.89. The molecule has 8 heteroatoms. The van der Waals surface area contributed by atoms with Gasteiger partial charge in [0.15, 0.2) is 0 Å². The Kier molecular flexibility index (Phi) is 8.43. The smallest absolute Gasteiger partial charge is 0.225 e. The van der Waals surface area contributed by atoms with Crippen LogP contribution in [0.1, 0.15) is 31.9 Å². The number of hydrogen-bond acceptors (Lipinski definition) is 6. The Hall–Kier alpha value is -2.16. The first-order valence-electron chi connectivity index (χ1n) is 9.89. The molecule has 2 rings (SSSR count). The standard InChI is InChI=1S/C21H33N3O5/c1-13(20(29-5)18-10-16(26)11-24(18)12-25)21(27)23-14(2)19(22-3)15-6-8-17(28-4)9-7-15/h6-9,12-14,16,18-20,22,26H,10-11H2,1-5H3,(H,23,27). The van der Waals surface area contributed by atoms with Crippen LogP contribution in [0.2, 0.25) is 0 Å². The van der Waals surface area contributed by atoms with Crippen LogP contribution in [-0.4, -0.2) is 74.4 Å². The number of likely N-dealkylation sites (N-methyl/N-ethyl adjacent to an activating group) is 1. The van der Waals surface area contributed by atoms with Crippen molar-refractivity contribution in [3.63, 3.8) is 0 Å². The van der Waals surface area contributed by atoms with Gasteiger partial charge in [0.1, 0.15) is 5.75 Å². The minimum Gasteiger partial charge on any atom is -0.497 e. The third kappa shape index (κ3) is 5.46. The van der Waals surface area contributed by atoms with Gasteiger partial charge < -0.3 is 30.1 Å². The molecule has 1 aromatic carbocycles. The number of hydrogen-bond donors (Lipinski definition) is 3. The van der Waals surface area contributed by atoms with Crippen molar-refractivity contribution < 1.29 is 24.2 Å². The van der Waals surface area contributed by atoms with Crippen LogP contribution in [0.5, 0.6) is 5.75 Å². The minimum atomic E-state index is -0.597. The summed E-state index contributed by atoms with van der Waals surface area (Å²) in [6.45, 7) is 3.98. The summed E-state index contributed by atoms with van der Waals surface area (Å²) in [5, 5.41) is 16.2. The van der Waals surface area contributed by atoms with Gasteiger partial charge in [-0.1, -0.05) is 19.1 Å². The van der Waals surface area contributed by atoms with Gasteiger partial charge in [0.05, 0.1) is 37.3 Å². The van der Waals surface area contributed by atoms with Crippen LogP contribution in [-0.2, 0) is 14.3 Å². The van der Waals surface area contributed by atoms with Gasteiger partial charge in [0.2, 0.25) is 12.3 Å². The Morgan fingerprint density at radius 1 is 1.28 bits per heavy atom. The van der Waals surface area contributed by atoms with E-state index >= 15 is 0 Å². The van der Waals surface area contributed by atoms with E-state index in [1.165, 1.54) is 12.0 Å². The first kappa shape index (κ1) is 23.1. The molecule has 29 heavy (non-hydrogen) atoms. The third-order valence-corrected chi connectivity index (χ3v) is 5.71. The van der Waals surface area contributed by atoms with E-state index in [9.17, 15) is 14.7 Å². The Morgan fingerprint density at radius 3 is 2.45 bits per heavy atom. The van der Waals surface area contributed by atoms with E-state index in [0.717, 1.165) is 11.3 Å². The summed E-state index contributed by atoms with van der Waals surface area (Å²) in [4.78, 5) is 25.8. The highest BCUT2D eigenvalue weighted by molar-refractivity contribution is 5.79. The lowest BCUT2D eigenvalue weighted by molar-refractivity contribution is -0.134. The molecule has 0 aromatic heterocycles. The fraction of sp³-hybridized carbons (Fsp3) is 0.619. The van der Waals surface area contributed by atoms with Crippen molar-refractivity contribution >= 4 is 12.3 Å². The molecule has 6 unspecified atom stereocenters. The van der Waals surface area contributed by atoms with Crippen molar-refractivity contribution in [2.45, 2.75) is 50.6 Å². The van der Waals surface area contributed by atoms with Crippen molar-refractivity contribution in [2.75, 3.05) is 27.8 Å². The molecule has 162 valence electrons. The molecule has 1 aliphatic heterocycles. The lowest BCUT2D eigenvalue weighted by Crippen LogP contribution is -2.50. The molecule has 0 radical (unpaired) electrons. The zero-order valence-electron chi connectivity index (χ0n) is 17.8. The average molecular weight is 408 g/mol. The van der Waals surface area contributed by atoms with E-state index < -0.39 is 18.1 Å². The molecule has 0 spiro atoms. The SMILES string of the molecule is CNC(c1ccc(OC)cc1)C(C)NC(=O)C(C)C(OC)C1CC(O)CN1C=O. The van der Waals surface area contributed by atoms with E-state index in [-0.39, 0.29) is 30.6 Å². The number of aliphatic hydroxyl groups excluding tert-OH is 1. The minimum absolute atomic E-state index is 0.0853. The lowest BCUT2D eigenvalue weighted by Gasteiger charge is -2.33. The highest BCUT2D eigenvalue weighted by atomic mass is 16.5. The number of β-amino-alcohol motifs (C(OH)–C–C–N with tert-alkyl or cyclic N) is 1. The number of carbonyl (C=O) groups excluding carboxylic acids is 2. The molecular weight excluding hydrogens is 374 g/mol. The maximum atomic E-state index is 12.9. The number of ether oxygens (including phenoxy) is 2. The number of aliphatic hydroxyl groups is 1. The van der Waals surface area contributed by atoms with Gasteiger partial charge in [-0.3, -0.25) is 9.59 Å². The highest BCUT2D eigenvalue weighted by Gasteiger charge is 2.40. The molecule has 1 aliphatic rings. The molecule has 0 aliphatic carbocycles. The largest absolute Gasteiger partial charge is 0.497 e. The Labute approximate surface area is 172 Å². The van der Waals surface area contributed by atoms with E-state index in [0.29, 0.717) is 12.8 Å². The van der Waals surface area contributed by atoms with E-state index in [4.69, 9.17) is 9.47 Å². The Morgan fingerprint density at radius 2 is 1.93 bits per heavy atom. The monoisotopic (exact) mass is 407 g/mol. The fourth-order valence-corrected chi connectivity index (χ4v) is 4.11. The zero-order chi connectivity index (χ0) is 21.6. The molecule has 1 fully saturated rings. The van der Waals surface area contributed by atoms with Gasteiger partial charge in [-0.15, -0.1) is 0 Å². The van der Waals surface area contributed by atoms with Crippen molar-refractivity contribution in [3.8, 4) is 5.75 Å². The van der Waals surface area contributed by atoms with E-state index in [1.54, 1.807) is 14.0 Å². The van der Waals surface area contributed by atoms with Crippen molar-refractivity contribution in [3.05, 3.63) is 29.8 Å². The van der Waals surface area contributed by atoms with Crippen LogP contribution in [0.3, 0.4) is 0 Å². The number of nitrogens with one attached hydrogen (secondary N) is 2. The molecule has 0 saturated carbocycles. The molecule has 1 saturated heterocycles. The highest BCUT2D eigenvalue weighted by Crippen LogP contribution is 2.26. The van der Waals surface area contributed by atoms with Gasteiger partial charge in [-0.05, 0) is 38.1 Å². The summed E-state index contributed by atoms with van der Waals surface area (Å²) < 4.78 is 10.8. The molecule has 3 N–H and O–H groups in total. The summed E-state index contributed by atoms with van der Waals surface area (Å²) in [5.74, 6) is 0.120. The predicted molar refractivity (Wildman–Crippen MR) is 110 cm³/mol. The van der Waals surface area contributed by atoms with Crippen molar-refractivity contribution in [1.82, 2.24) is 15.5 Å². The van der Waals surface area contributed by atoms with Crippen LogP contribution in [0, 0.1) is 5.92 Å². The summed E-state index contributed by atoms with van der Waals surface area (Å²) in [6, 6.07) is 7.10. The number of rotatable bonds is 10. The van der Waals surface area contributed by atoms with Gasteiger partial charge in [0, 0.05) is 19.7 Å². The van der Waals surface area contributed by atoms with Gasteiger partial charge >= 0.3 is 0 Å². The number of amides is 2. The second kappa shape index (κ2) is 10.6. The molecule has 1 heterocycles. The van der Waals surface area contributed by atoms with Crippen LogP contribution < -0.4 is 15.4 Å². The number of methoxy groups -OCH3 is 2. The normalized spacial score (nSPS) is 23.2. The molecule has 2 amide bonds. The predicted octanol–water partition coefficient (Wildman–Crippen LogP) is 0.703. The fourth-order valence-electron chi connectivity index (χ4n) is 4.11. The van der Waals surface area contributed by atoms with Gasteiger partial charge in [0.25, 0.3) is 0 Å². The van der Waals surface area contributed by atoms with E-state index in [2.05, 4.69) is 10.6 Å². The van der Waals surface area contributed by atoms with Crippen LogP contribution >= 0.6 is 0 Å². The second-order valence-corrected chi connectivity index (χ2v) is 7.58. The van der Waals surface area contributed by atoms with Crippen molar-refractivity contribution in [1.29, 1.82) is 0 Å². The topological polar surface area (TPSA) is 100 Å². The molecule has 1 aromatic rings. The maximum Gasteiger partial charge on any atom is 0.225 e. The quantitative estimate of drug-likeness (QED) is 0.494. The van der Waals surface area contributed by atoms with E-state index in [1.807, 2.05) is 38.2 Å². The zero-order valence-corrected chi connectivity index (χ0v) is 17.8. The number of likely N-dealkylation sites (tertiary alicyclic amines) is 1. The summed E-state index contributed by atoms with van der Waals surface area (Å²) in [5.41, 5.74) is 1.03. The van der Waals surface area contributed by atoms with Crippen LogP contribution in [0.15, 0.2) is 24.3 Å². The van der Waals surface area contributed by atoms with Crippen LogP contribution in [0.4, 0.5) is 0 Å². The third-order valence-electron chi connectivity index (χ3n) is 5.71.